The molecule has 86 valence electrons. The molecule has 0 atom stereocenters. The van der Waals surface area contributed by atoms with Crippen LogP contribution in [-0.2, 0) is 12.8 Å². The lowest BCUT2D eigenvalue weighted by Gasteiger charge is -2.11. The minimum Gasteiger partial charge on any atom is -0.389 e. The summed E-state index contributed by atoms with van der Waals surface area (Å²) in [4.78, 5) is 5.23. The van der Waals surface area contributed by atoms with Crippen molar-refractivity contribution >= 4 is 28.1 Å². The van der Waals surface area contributed by atoms with Crippen molar-refractivity contribution < 1.29 is 0 Å². The molecule has 0 aliphatic heterocycles. The molecule has 0 radical (unpaired) electrons. The summed E-state index contributed by atoms with van der Waals surface area (Å²) < 4.78 is 0. The number of nitrogens with zero attached hydrogens (tertiary/aromatic N) is 1. The Morgan fingerprint density at radius 3 is 2.94 bits per heavy atom. The van der Waals surface area contributed by atoms with E-state index < -0.39 is 0 Å². The number of aryl methyl sites for hydroxylation is 2. The molecule has 1 aromatic heterocycles. The first-order valence-corrected chi connectivity index (χ1v) is 6.29. The normalized spacial score (nSPS) is 13.9. The first-order valence-electron chi connectivity index (χ1n) is 5.89. The van der Waals surface area contributed by atoms with E-state index in [9.17, 15) is 0 Å². The van der Waals surface area contributed by atoms with Crippen molar-refractivity contribution in [3.8, 4) is 0 Å². The summed E-state index contributed by atoms with van der Waals surface area (Å²) in [5, 5.41) is 1.11. The van der Waals surface area contributed by atoms with E-state index in [0.29, 0.717) is 4.99 Å². The predicted molar refractivity (Wildman–Crippen MR) is 74.4 cm³/mol. The smallest absolute Gasteiger partial charge is 0.105 e. The van der Waals surface area contributed by atoms with Gasteiger partial charge in [-0.1, -0.05) is 23.8 Å². The van der Waals surface area contributed by atoms with Crippen LogP contribution in [-0.4, -0.2) is 9.97 Å². The SMILES string of the molecule is Cc1ccc2nc3c(c(C(N)=S)c2c1)CCC3. The van der Waals surface area contributed by atoms with Crippen LogP contribution in [0.3, 0.4) is 0 Å². The van der Waals surface area contributed by atoms with Gasteiger partial charge in [0.25, 0.3) is 0 Å². The highest BCUT2D eigenvalue weighted by atomic mass is 32.1. The lowest BCUT2D eigenvalue weighted by molar-refractivity contribution is 0.901. The lowest BCUT2D eigenvalue weighted by atomic mass is 10.00. The highest BCUT2D eigenvalue weighted by molar-refractivity contribution is 7.80. The number of fused-ring (bicyclic) bond motifs is 2. The monoisotopic (exact) mass is 242 g/mol. The van der Waals surface area contributed by atoms with Gasteiger partial charge >= 0.3 is 0 Å². The molecule has 17 heavy (non-hydrogen) atoms. The average Bonchev–Trinajstić information content (AvgIpc) is 2.72. The van der Waals surface area contributed by atoms with Crippen LogP contribution < -0.4 is 5.73 Å². The van der Waals surface area contributed by atoms with Crippen molar-refractivity contribution in [1.29, 1.82) is 0 Å². The molecule has 2 nitrogen and oxygen atoms in total. The zero-order valence-electron chi connectivity index (χ0n) is 9.79. The van der Waals surface area contributed by atoms with Gasteiger partial charge in [-0.2, -0.15) is 0 Å². The number of thiocarbonyl (C=S) groups is 1. The summed E-state index contributed by atoms with van der Waals surface area (Å²) in [6.07, 6.45) is 3.26. The van der Waals surface area contributed by atoms with Gasteiger partial charge < -0.3 is 5.73 Å². The summed E-state index contributed by atoms with van der Waals surface area (Å²) in [5.74, 6) is 0. The quantitative estimate of drug-likeness (QED) is 0.781. The van der Waals surface area contributed by atoms with Gasteiger partial charge in [0.15, 0.2) is 0 Å². The van der Waals surface area contributed by atoms with Gasteiger partial charge in [0.1, 0.15) is 4.99 Å². The molecule has 1 aliphatic rings. The molecule has 0 bridgehead atoms. The molecular weight excluding hydrogens is 228 g/mol. The van der Waals surface area contributed by atoms with Gasteiger partial charge in [-0.05, 0) is 43.9 Å². The van der Waals surface area contributed by atoms with Crippen LogP contribution in [0.2, 0.25) is 0 Å². The fraction of sp³-hybridized carbons (Fsp3) is 0.286. The lowest BCUT2D eigenvalue weighted by Crippen LogP contribution is -2.14. The number of pyridine rings is 1. The first kappa shape index (κ1) is 10.7. The van der Waals surface area contributed by atoms with Crippen molar-refractivity contribution in [3.63, 3.8) is 0 Å². The Hall–Kier alpha value is -1.48. The van der Waals surface area contributed by atoms with E-state index in [1.165, 1.54) is 16.8 Å². The second-order valence-corrected chi connectivity index (χ2v) is 5.09. The zero-order valence-corrected chi connectivity index (χ0v) is 10.6. The molecule has 1 heterocycles. The molecule has 0 saturated heterocycles. The summed E-state index contributed by atoms with van der Waals surface area (Å²) in [6.45, 7) is 2.08. The average molecular weight is 242 g/mol. The molecule has 1 aromatic carbocycles. The van der Waals surface area contributed by atoms with Crippen molar-refractivity contribution in [1.82, 2.24) is 4.98 Å². The second-order valence-electron chi connectivity index (χ2n) is 4.65. The molecule has 0 unspecified atom stereocenters. The molecule has 0 fully saturated rings. The van der Waals surface area contributed by atoms with Crippen LogP contribution in [0.1, 0.15) is 28.8 Å². The van der Waals surface area contributed by atoms with Gasteiger partial charge in [-0.25, -0.2) is 0 Å². The van der Waals surface area contributed by atoms with Crippen LogP contribution in [0.4, 0.5) is 0 Å². The van der Waals surface area contributed by atoms with Crippen LogP contribution in [0, 0.1) is 6.92 Å². The Morgan fingerprint density at radius 1 is 1.35 bits per heavy atom. The molecule has 1 aliphatic carbocycles. The highest BCUT2D eigenvalue weighted by Gasteiger charge is 2.20. The van der Waals surface area contributed by atoms with E-state index in [4.69, 9.17) is 22.9 Å². The number of rotatable bonds is 1. The van der Waals surface area contributed by atoms with Crippen molar-refractivity contribution in [2.24, 2.45) is 5.73 Å². The van der Waals surface area contributed by atoms with E-state index in [0.717, 1.165) is 35.7 Å². The van der Waals surface area contributed by atoms with Crippen molar-refractivity contribution in [2.45, 2.75) is 26.2 Å². The number of aromatic nitrogens is 1. The minimum absolute atomic E-state index is 0.501. The fourth-order valence-electron chi connectivity index (χ4n) is 2.66. The first-order chi connectivity index (χ1) is 8.16. The second kappa shape index (κ2) is 3.77. The van der Waals surface area contributed by atoms with E-state index >= 15 is 0 Å². The minimum atomic E-state index is 0.501. The standard InChI is InChI=1S/C14H14N2S/c1-8-5-6-12-10(7-8)13(14(15)17)9-3-2-4-11(9)16-12/h5-7H,2-4H2,1H3,(H2,15,17). The van der Waals surface area contributed by atoms with Crippen molar-refractivity contribution in [2.75, 3.05) is 0 Å². The Kier molecular flexibility index (Phi) is 2.37. The van der Waals surface area contributed by atoms with E-state index in [-0.39, 0.29) is 0 Å². The van der Waals surface area contributed by atoms with Gasteiger partial charge in [0, 0.05) is 16.6 Å². The van der Waals surface area contributed by atoms with E-state index in [1.54, 1.807) is 0 Å². The largest absolute Gasteiger partial charge is 0.389 e. The number of benzene rings is 1. The highest BCUT2D eigenvalue weighted by Crippen LogP contribution is 2.30. The molecule has 2 aromatic rings. The number of hydrogen-bond acceptors (Lipinski definition) is 2. The molecule has 0 spiro atoms. The van der Waals surface area contributed by atoms with Crippen LogP contribution >= 0.6 is 12.2 Å². The maximum Gasteiger partial charge on any atom is 0.105 e. The predicted octanol–water partition coefficient (Wildman–Crippen LogP) is 2.67. The van der Waals surface area contributed by atoms with Gasteiger partial charge in [0.05, 0.1) is 5.52 Å². The van der Waals surface area contributed by atoms with Gasteiger partial charge in [-0.15, -0.1) is 0 Å². The topological polar surface area (TPSA) is 38.9 Å². The zero-order chi connectivity index (χ0) is 12.0. The van der Waals surface area contributed by atoms with E-state index in [2.05, 4.69) is 25.1 Å². The number of nitrogens with two attached hydrogens (primary N) is 1. The third-order valence-corrected chi connectivity index (χ3v) is 3.62. The number of hydrogen-bond donors (Lipinski definition) is 1. The Balaban J connectivity index is 2.45. The molecule has 0 saturated carbocycles. The van der Waals surface area contributed by atoms with E-state index in [1.807, 2.05) is 0 Å². The van der Waals surface area contributed by atoms with Gasteiger partial charge in [-0.3, -0.25) is 4.98 Å². The third-order valence-electron chi connectivity index (χ3n) is 3.41. The summed E-state index contributed by atoms with van der Waals surface area (Å²) in [5.41, 5.74) is 11.7. The Morgan fingerprint density at radius 2 is 2.18 bits per heavy atom. The Bertz CT molecular complexity index is 632. The fourth-order valence-corrected chi connectivity index (χ4v) is 2.89. The molecule has 2 N–H and O–H groups in total. The molecule has 3 heteroatoms. The maximum absolute atomic E-state index is 5.91. The van der Waals surface area contributed by atoms with Crippen LogP contribution in [0.25, 0.3) is 10.9 Å². The van der Waals surface area contributed by atoms with Crippen LogP contribution in [0.15, 0.2) is 18.2 Å². The molecule has 3 rings (SSSR count). The van der Waals surface area contributed by atoms with Crippen molar-refractivity contribution in [3.05, 3.63) is 40.6 Å². The summed E-state index contributed by atoms with van der Waals surface area (Å²) >= 11 is 5.22. The van der Waals surface area contributed by atoms with Crippen LogP contribution in [0.5, 0.6) is 0 Å². The molecule has 0 amide bonds. The maximum atomic E-state index is 5.91. The Labute approximate surface area is 106 Å². The van der Waals surface area contributed by atoms with Gasteiger partial charge in [0.2, 0.25) is 0 Å². The third kappa shape index (κ3) is 1.62. The summed E-state index contributed by atoms with van der Waals surface area (Å²) in [6, 6.07) is 6.28. The molecular formula is C14H14N2S. The summed E-state index contributed by atoms with van der Waals surface area (Å²) in [7, 11) is 0.